The molecule has 1 saturated heterocycles. The zero-order chi connectivity index (χ0) is 12.1. The van der Waals surface area contributed by atoms with Crippen LogP contribution in [-0.4, -0.2) is 24.5 Å². The Hall–Kier alpha value is -0.280. The van der Waals surface area contributed by atoms with Crippen molar-refractivity contribution in [3.63, 3.8) is 0 Å². The van der Waals surface area contributed by atoms with Gasteiger partial charge in [0.2, 0.25) is 5.91 Å². The van der Waals surface area contributed by atoms with E-state index in [9.17, 15) is 4.79 Å². The third-order valence-corrected chi connectivity index (χ3v) is 4.34. The summed E-state index contributed by atoms with van der Waals surface area (Å²) in [5.41, 5.74) is 0.0866. The van der Waals surface area contributed by atoms with Gasteiger partial charge >= 0.3 is 0 Å². The molecule has 1 aliphatic heterocycles. The van der Waals surface area contributed by atoms with Crippen LogP contribution in [-0.2, 0) is 4.79 Å². The predicted molar refractivity (Wildman–Crippen MR) is 77.1 cm³/mol. The molecule has 0 aromatic heterocycles. The van der Waals surface area contributed by atoms with Crippen molar-refractivity contribution < 1.29 is 4.79 Å². The molecule has 0 spiro atoms. The molecular weight excluding hydrogens is 248 g/mol. The molecule has 0 radical (unpaired) electrons. The summed E-state index contributed by atoms with van der Waals surface area (Å²) in [6.07, 6.45) is 9.18. The lowest BCUT2D eigenvalue weighted by Crippen LogP contribution is -2.47. The van der Waals surface area contributed by atoms with E-state index in [1.165, 1.54) is 25.7 Å². The van der Waals surface area contributed by atoms with E-state index in [1.54, 1.807) is 0 Å². The van der Waals surface area contributed by atoms with Crippen molar-refractivity contribution in [2.24, 2.45) is 5.92 Å². The Balaban J connectivity index is 0.00000162. The number of amides is 1. The molecule has 4 heteroatoms. The lowest BCUT2D eigenvalue weighted by molar-refractivity contribution is -0.123. The molecule has 0 aromatic carbocycles. The van der Waals surface area contributed by atoms with Crippen molar-refractivity contribution in [1.82, 2.24) is 10.6 Å². The van der Waals surface area contributed by atoms with E-state index in [-0.39, 0.29) is 23.9 Å². The molecule has 1 saturated carbocycles. The van der Waals surface area contributed by atoms with Crippen LogP contribution in [0, 0.1) is 5.92 Å². The number of carbonyl (C=O) groups is 1. The van der Waals surface area contributed by atoms with Crippen LogP contribution in [0.25, 0.3) is 0 Å². The van der Waals surface area contributed by atoms with E-state index in [0.29, 0.717) is 6.42 Å². The Kier molecular flexibility index (Phi) is 6.44. The molecule has 0 bridgehead atoms. The molecule has 1 unspecified atom stereocenters. The van der Waals surface area contributed by atoms with Gasteiger partial charge in [0.1, 0.15) is 0 Å². The molecule has 3 nitrogen and oxygen atoms in total. The van der Waals surface area contributed by atoms with Crippen molar-refractivity contribution in [3.05, 3.63) is 0 Å². The van der Waals surface area contributed by atoms with Crippen LogP contribution >= 0.6 is 12.4 Å². The van der Waals surface area contributed by atoms with Crippen LogP contribution in [0.2, 0.25) is 0 Å². The van der Waals surface area contributed by atoms with Gasteiger partial charge in [0.05, 0.1) is 0 Å². The summed E-state index contributed by atoms with van der Waals surface area (Å²) in [6.45, 7) is 4.44. The van der Waals surface area contributed by atoms with Crippen molar-refractivity contribution in [2.45, 2.75) is 63.8 Å². The second kappa shape index (κ2) is 7.34. The smallest absolute Gasteiger partial charge is 0.220 e. The molecule has 1 heterocycles. The summed E-state index contributed by atoms with van der Waals surface area (Å²) in [6, 6.07) is 0. The third-order valence-electron chi connectivity index (χ3n) is 4.34. The summed E-state index contributed by atoms with van der Waals surface area (Å²) in [5, 5.41) is 6.61. The van der Waals surface area contributed by atoms with Gasteiger partial charge in [-0.3, -0.25) is 4.79 Å². The van der Waals surface area contributed by atoms with Gasteiger partial charge in [-0.25, -0.2) is 0 Å². The van der Waals surface area contributed by atoms with Gasteiger partial charge < -0.3 is 10.6 Å². The topological polar surface area (TPSA) is 41.1 Å². The van der Waals surface area contributed by atoms with E-state index in [2.05, 4.69) is 17.6 Å². The van der Waals surface area contributed by atoms with Crippen LogP contribution < -0.4 is 10.6 Å². The summed E-state index contributed by atoms with van der Waals surface area (Å²) < 4.78 is 0. The molecular formula is C14H27ClN2O. The fourth-order valence-corrected chi connectivity index (χ4v) is 3.15. The second-order valence-corrected chi connectivity index (χ2v) is 6.07. The first-order valence-electron chi connectivity index (χ1n) is 7.20. The van der Waals surface area contributed by atoms with E-state index >= 15 is 0 Å². The zero-order valence-electron chi connectivity index (χ0n) is 11.5. The number of carbonyl (C=O) groups excluding carboxylic acids is 1. The van der Waals surface area contributed by atoms with Crippen LogP contribution in [0.4, 0.5) is 0 Å². The quantitative estimate of drug-likeness (QED) is 0.828. The van der Waals surface area contributed by atoms with Gasteiger partial charge in [0.25, 0.3) is 0 Å². The Morgan fingerprint density at radius 1 is 1.33 bits per heavy atom. The minimum atomic E-state index is 0. The molecule has 18 heavy (non-hydrogen) atoms. The molecule has 2 rings (SSSR count). The maximum Gasteiger partial charge on any atom is 0.220 e. The molecule has 1 aliphatic carbocycles. The first-order chi connectivity index (χ1) is 8.18. The number of halogens is 1. The van der Waals surface area contributed by atoms with Gasteiger partial charge in [-0.1, -0.05) is 19.3 Å². The lowest BCUT2D eigenvalue weighted by atomic mass is 9.83. The van der Waals surface area contributed by atoms with Crippen molar-refractivity contribution in [1.29, 1.82) is 0 Å². The highest BCUT2D eigenvalue weighted by atomic mass is 35.5. The highest BCUT2D eigenvalue weighted by Gasteiger charge is 2.28. The Bertz CT molecular complexity index is 259. The molecule has 2 fully saturated rings. The largest absolute Gasteiger partial charge is 0.351 e. The summed E-state index contributed by atoms with van der Waals surface area (Å²) in [7, 11) is 0. The Labute approximate surface area is 117 Å². The summed E-state index contributed by atoms with van der Waals surface area (Å²) >= 11 is 0. The van der Waals surface area contributed by atoms with Crippen molar-refractivity contribution >= 4 is 18.3 Å². The fourth-order valence-electron chi connectivity index (χ4n) is 3.15. The molecule has 106 valence electrons. The van der Waals surface area contributed by atoms with Crippen LogP contribution in [0.15, 0.2) is 0 Å². The third kappa shape index (κ3) is 4.77. The summed E-state index contributed by atoms with van der Waals surface area (Å²) in [5.74, 6) is 0.987. The van der Waals surface area contributed by atoms with Crippen LogP contribution in [0.5, 0.6) is 0 Å². The fraction of sp³-hybridized carbons (Fsp3) is 0.929. The molecule has 2 aliphatic rings. The minimum Gasteiger partial charge on any atom is -0.351 e. The zero-order valence-corrected chi connectivity index (χ0v) is 12.3. The number of rotatable bonds is 4. The molecule has 1 atom stereocenters. The van der Waals surface area contributed by atoms with E-state index < -0.39 is 0 Å². The molecule has 2 N–H and O–H groups in total. The van der Waals surface area contributed by atoms with Crippen LogP contribution in [0.3, 0.4) is 0 Å². The monoisotopic (exact) mass is 274 g/mol. The van der Waals surface area contributed by atoms with Gasteiger partial charge in [-0.15, -0.1) is 12.4 Å². The highest BCUT2D eigenvalue weighted by Crippen LogP contribution is 2.27. The van der Waals surface area contributed by atoms with E-state index in [0.717, 1.165) is 38.3 Å². The SMILES string of the molecule is CC1(NC(=O)CCC2CCNC2)CCCCC1.Cl. The average molecular weight is 275 g/mol. The average Bonchev–Trinajstić information content (AvgIpc) is 2.79. The Morgan fingerprint density at radius 2 is 2.06 bits per heavy atom. The van der Waals surface area contributed by atoms with Gasteiger partial charge in [-0.05, 0) is 51.6 Å². The van der Waals surface area contributed by atoms with Gasteiger partial charge in [0.15, 0.2) is 0 Å². The lowest BCUT2D eigenvalue weighted by Gasteiger charge is -2.34. The number of nitrogens with one attached hydrogen (secondary N) is 2. The van der Waals surface area contributed by atoms with Gasteiger partial charge in [0, 0.05) is 12.0 Å². The molecule has 1 amide bonds. The molecule has 0 aromatic rings. The number of hydrogen-bond acceptors (Lipinski definition) is 2. The van der Waals surface area contributed by atoms with Crippen molar-refractivity contribution in [3.8, 4) is 0 Å². The Morgan fingerprint density at radius 3 is 2.67 bits per heavy atom. The maximum atomic E-state index is 11.9. The normalized spacial score (nSPS) is 26.4. The van der Waals surface area contributed by atoms with E-state index in [1.807, 2.05) is 0 Å². The van der Waals surface area contributed by atoms with E-state index in [4.69, 9.17) is 0 Å². The predicted octanol–water partition coefficient (Wildman–Crippen LogP) is 2.64. The second-order valence-electron chi connectivity index (χ2n) is 6.07. The maximum absolute atomic E-state index is 11.9. The van der Waals surface area contributed by atoms with Crippen molar-refractivity contribution in [2.75, 3.05) is 13.1 Å². The minimum absolute atomic E-state index is 0. The first kappa shape index (κ1) is 15.8. The highest BCUT2D eigenvalue weighted by molar-refractivity contribution is 5.85. The van der Waals surface area contributed by atoms with Crippen LogP contribution in [0.1, 0.15) is 58.3 Å². The summed E-state index contributed by atoms with van der Waals surface area (Å²) in [4.78, 5) is 11.9. The first-order valence-corrected chi connectivity index (χ1v) is 7.20. The van der Waals surface area contributed by atoms with Gasteiger partial charge in [-0.2, -0.15) is 0 Å². The number of hydrogen-bond donors (Lipinski definition) is 2. The standard InChI is InChI=1S/C14H26N2O.ClH/c1-14(8-3-2-4-9-14)16-13(17)6-5-12-7-10-15-11-12;/h12,15H,2-11H2,1H3,(H,16,17);1H.